The van der Waals surface area contributed by atoms with Crippen LogP contribution in [-0.4, -0.2) is 13.0 Å². The molecule has 0 fully saturated rings. The van der Waals surface area contributed by atoms with E-state index in [1.165, 1.54) is 31.4 Å². The zero-order valence-electron chi connectivity index (χ0n) is 10.6. The van der Waals surface area contributed by atoms with Crippen LogP contribution in [0.5, 0.6) is 5.75 Å². The maximum Gasteiger partial charge on any atom is 0.255 e. The minimum Gasteiger partial charge on any atom is -0.495 e. The summed E-state index contributed by atoms with van der Waals surface area (Å²) in [7, 11) is 1.48. The van der Waals surface area contributed by atoms with Crippen molar-refractivity contribution in [1.82, 2.24) is 0 Å². The standard InChI is InChI=1S/C14H12ClFN2O2/c1-20-12-6-5-8(7-10(12)17)14(19)18-11-4-2-3-9(15)13(11)16/h2-7H,17H2,1H3,(H,18,19). The van der Waals surface area contributed by atoms with Crippen molar-refractivity contribution in [2.45, 2.75) is 0 Å². The fourth-order valence-corrected chi connectivity index (χ4v) is 1.84. The number of anilines is 2. The number of nitrogen functional groups attached to an aromatic ring is 1. The number of benzene rings is 2. The summed E-state index contributed by atoms with van der Waals surface area (Å²) < 4.78 is 18.7. The number of hydrogen-bond acceptors (Lipinski definition) is 3. The summed E-state index contributed by atoms with van der Waals surface area (Å²) in [4.78, 5) is 12.0. The van der Waals surface area contributed by atoms with Crippen molar-refractivity contribution in [1.29, 1.82) is 0 Å². The Kier molecular flexibility index (Phi) is 4.10. The summed E-state index contributed by atoms with van der Waals surface area (Å²) in [6, 6.07) is 8.93. The first kappa shape index (κ1) is 14.1. The molecular formula is C14H12ClFN2O2. The Balaban J connectivity index is 2.24. The Hall–Kier alpha value is -2.27. The molecular weight excluding hydrogens is 283 g/mol. The van der Waals surface area contributed by atoms with E-state index in [-0.39, 0.29) is 10.7 Å². The molecule has 0 heterocycles. The second-order valence-electron chi connectivity index (χ2n) is 4.01. The van der Waals surface area contributed by atoms with Crippen molar-refractivity contribution >= 4 is 28.9 Å². The average molecular weight is 295 g/mol. The van der Waals surface area contributed by atoms with Crippen LogP contribution in [-0.2, 0) is 0 Å². The van der Waals surface area contributed by atoms with Gasteiger partial charge in [0.1, 0.15) is 5.75 Å². The molecule has 0 aliphatic carbocycles. The zero-order chi connectivity index (χ0) is 14.7. The lowest BCUT2D eigenvalue weighted by molar-refractivity contribution is 0.102. The Morgan fingerprint density at radius 1 is 1.35 bits per heavy atom. The third-order valence-electron chi connectivity index (χ3n) is 2.69. The van der Waals surface area contributed by atoms with E-state index in [9.17, 15) is 9.18 Å². The predicted molar refractivity (Wildman–Crippen MR) is 76.8 cm³/mol. The highest BCUT2D eigenvalue weighted by atomic mass is 35.5. The number of ether oxygens (including phenoxy) is 1. The van der Waals surface area contributed by atoms with E-state index in [0.29, 0.717) is 17.0 Å². The predicted octanol–water partition coefficient (Wildman–Crippen LogP) is 3.32. The van der Waals surface area contributed by atoms with Crippen LogP contribution in [0.15, 0.2) is 36.4 Å². The van der Waals surface area contributed by atoms with Gasteiger partial charge in [-0.1, -0.05) is 17.7 Å². The normalized spacial score (nSPS) is 10.2. The smallest absolute Gasteiger partial charge is 0.255 e. The van der Waals surface area contributed by atoms with Crippen molar-refractivity contribution in [3.63, 3.8) is 0 Å². The summed E-state index contributed by atoms with van der Waals surface area (Å²) in [6.45, 7) is 0. The minimum atomic E-state index is -0.677. The number of hydrogen-bond donors (Lipinski definition) is 2. The monoisotopic (exact) mass is 294 g/mol. The highest BCUT2D eigenvalue weighted by molar-refractivity contribution is 6.31. The average Bonchev–Trinajstić information content (AvgIpc) is 2.43. The van der Waals surface area contributed by atoms with Crippen molar-refractivity contribution in [2.24, 2.45) is 0 Å². The third-order valence-corrected chi connectivity index (χ3v) is 2.98. The lowest BCUT2D eigenvalue weighted by Gasteiger charge is -2.09. The number of methoxy groups -OCH3 is 1. The molecule has 0 atom stereocenters. The molecule has 0 spiro atoms. The molecule has 0 aliphatic heterocycles. The topological polar surface area (TPSA) is 64.3 Å². The van der Waals surface area contributed by atoms with Gasteiger partial charge in [0.15, 0.2) is 5.82 Å². The Bertz CT molecular complexity index is 662. The van der Waals surface area contributed by atoms with Gasteiger partial charge < -0.3 is 15.8 Å². The molecule has 3 N–H and O–H groups in total. The first-order valence-electron chi connectivity index (χ1n) is 5.72. The third kappa shape index (κ3) is 2.83. The van der Waals surface area contributed by atoms with Crippen LogP contribution in [0, 0.1) is 5.82 Å². The van der Waals surface area contributed by atoms with E-state index >= 15 is 0 Å². The van der Waals surface area contributed by atoms with Gasteiger partial charge >= 0.3 is 0 Å². The van der Waals surface area contributed by atoms with Crippen LogP contribution in [0.1, 0.15) is 10.4 Å². The maximum absolute atomic E-state index is 13.7. The van der Waals surface area contributed by atoms with Crippen molar-refractivity contribution in [2.75, 3.05) is 18.2 Å². The molecule has 0 unspecified atom stereocenters. The molecule has 0 saturated heterocycles. The second-order valence-corrected chi connectivity index (χ2v) is 4.42. The van der Waals surface area contributed by atoms with Gasteiger partial charge in [0.2, 0.25) is 0 Å². The molecule has 2 rings (SSSR count). The number of carbonyl (C=O) groups is 1. The van der Waals surface area contributed by atoms with Gasteiger partial charge in [0.25, 0.3) is 5.91 Å². The SMILES string of the molecule is COc1ccc(C(=O)Nc2cccc(Cl)c2F)cc1N. The molecule has 4 nitrogen and oxygen atoms in total. The molecule has 0 aromatic heterocycles. The van der Waals surface area contributed by atoms with Gasteiger partial charge in [0, 0.05) is 5.56 Å². The highest BCUT2D eigenvalue weighted by Crippen LogP contribution is 2.25. The van der Waals surface area contributed by atoms with E-state index in [0.717, 1.165) is 0 Å². The molecule has 2 aromatic rings. The summed E-state index contributed by atoms with van der Waals surface area (Å²) >= 11 is 5.65. The number of nitrogens with two attached hydrogens (primary N) is 1. The molecule has 0 saturated carbocycles. The first-order chi connectivity index (χ1) is 9.52. The van der Waals surface area contributed by atoms with Crippen molar-refractivity contribution < 1.29 is 13.9 Å². The lowest BCUT2D eigenvalue weighted by Crippen LogP contribution is -2.13. The highest BCUT2D eigenvalue weighted by Gasteiger charge is 2.12. The van der Waals surface area contributed by atoms with Gasteiger partial charge in [-0.2, -0.15) is 0 Å². The molecule has 0 bridgehead atoms. The summed E-state index contributed by atoms with van der Waals surface area (Å²) in [6.07, 6.45) is 0. The summed E-state index contributed by atoms with van der Waals surface area (Å²) in [5, 5.41) is 2.38. The maximum atomic E-state index is 13.7. The number of amides is 1. The van der Waals surface area contributed by atoms with Crippen LogP contribution in [0.25, 0.3) is 0 Å². The number of carbonyl (C=O) groups excluding carboxylic acids is 1. The first-order valence-corrected chi connectivity index (χ1v) is 6.09. The second kappa shape index (κ2) is 5.79. The van der Waals surface area contributed by atoms with E-state index in [2.05, 4.69) is 5.32 Å². The van der Waals surface area contributed by atoms with Crippen LogP contribution in [0.4, 0.5) is 15.8 Å². The van der Waals surface area contributed by atoms with Gasteiger partial charge in [0.05, 0.1) is 23.5 Å². The number of rotatable bonds is 3. The van der Waals surface area contributed by atoms with Crippen molar-refractivity contribution in [3.8, 4) is 5.75 Å². The fourth-order valence-electron chi connectivity index (χ4n) is 1.67. The van der Waals surface area contributed by atoms with E-state index in [1.54, 1.807) is 12.1 Å². The summed E-state index contributed by atoms with van der Waals surface area (Å²) in [5.74, 6) is -0.694. The number of halogens is 2. The van der Waals surface area contributed by atoms with Gasteiger partial charge in [-0.05, 0) is 30.3 Å². The molecule has 2 aromatic carbocycles. The Labute approximate surface area is 120 Å². The Morgan fingerprint density at radius 3 is 2.75 bits per heavy atom. The molecule has 0 radical (unpaired) electrons. The summed E-state index contributed by atoms with van der Waals surface area (Å²) in [5.41, 5.74) is 6.35. The van der Waals surface area contributed by atoms with Crippen LogP contribution in [0.3, 0.4) is 0 Å². The quantitative estimate of drug-likeness (QED) is 0.854. The molecule has 104 valence electrons. The number of nitrogens with one attached hydrogen (secondary N) is 1. The lowest BCUT2D eigenvalue weighted by atomic mass is 10.1. The minimum absolute atomic E-state index is 0.0110. The largest absolute Gasteiger partial charge is 0.495 e. The van der Waals surface area contributed by atoms with Gasteiger partial charge in [-0.25, -0.2) is 4.39 Å². The van der Waals surface area contributed by atoms with Gasteiger partial charge in [-0.3, -0.25) is 4.79 Å². The molecule has 0 aliphatic rings. The van der Waals surface area contributed by atoms with Crippen LogP contribution >= 0.6 is 11.6 Å². The van der Waals surface area contributed by atoms with Crippen molar-refractivity contribution in [3.05, 3.63) is 52.8 Å². The molecule has 1 amide bonds. The molecule has 20 heavy (non-hydrogen) atoms. The van der Waals surface area contributed by atoms with E-state index in [4.69, 9.17) is 22.1 Å². The fraction of sp³-hybridized carbons (Fsp3) is 0.0714. The van der Waals surface area contributed by atoms with E-state index in [1.807, 2.05) is 0 Å². The van der Waals surface area contributed by atoms with Gasteiger partial charge in [-0.15, -0.1) is 0 Å². The Morgan fingerprint density at radius 2 is 2.10 bits per heavy atom. The van der Waals surface area contributed by atoms with Crippen LogP contribution in [0.2, 0.25) is 5.02 Å². The van der Waals surface area contributed by atoms with E-state index < -0.39 is 11.7 Å². The zero-order valence-corrected chi connectivity index (χ0v) is 11.4. The molecule has 6 heteroatoms. The van der Waals surface area contributed by atoms with Crippen LogP contribution < -0.4 is 15.8 Å².